The number of halogens is 1. The van der Waals surface area contributed by atoms with Crippen molar-refractivity contribution < 1.29 is 34.4 Å². The van der Waals surface area contributed by atoms with Crippen LogP contribution in [0.2, 0.25) is 19.6 Å². The number of nitrogens with zero attached hydrogens (tertiary/aromatic N) is 3. The van der Waals surface area contributed by atoms with Gasteiger partial charge in [-0.15, -0.1) is 54.1 Å². The molecular formula is C38H40FIrN3OSi-2. The van der Waals surface area contributed by atoms with Crippen LogP contribution in [0, 0.1) is 24.8 Å². The molecular weight excluding hydrogens is 754 g/mol. The quantitative estimate of drug-likeness (QED) is 0.132. The molecule has 6 rings (SSSR count). The third-order valence-corrected chi connectivity index (χ3v) is 9.47. The van der Waals surface area contributed by atoms with Gasteiger partial charge in [0.05, 0.1) is 19.9 Å². The topological polar surface area (TPSA) is 51.8 Å². The van der Waals surface area contributed by atoms with Crippen molar-refractivity contribution in [3.8, 4) is 22.5 Å². The van der Waals surface area contributed by atoms with Crippen molar-refractivity contribution in [2.24, 2.45) is 0 Å². The van der Waals surface area contributed by atoms with E-state index in [0.717, 1.165) is 22.2 Å². The standard InChI is InChI=1S/C21H18FN2O.C17H22NSi.Ir/c1-12-8-9-14-13-6-5-7-15(19(13)25-20(14)24-12)18-10-16(21(2,3)4)17(22)11-23-18;1-13(2)15-11-16(14-9-7-6-8-10-14)18-12-17(15)19(3,4)5;/h5-6,8-11H,1-4H3;6-9,11-13H,1-5H3;/q2*-1;/i1D3;13D;. The molecule has 0 spiro atoms. The number of hydrogen-bond donors (Lipinski definition) is 0. The fourth-order valence-corrected chi connectivity index (χ4v) is 6.71. The van der Waals surface area contributed by atoms with Gasteiger partial charge in [-0.25, -0.2) is 9.37 Å². The Morgan fingerprint density at radius 3 is 2.33 bits per heavy atom. The predicted molar refractivity (Wildman–Crippen MR) is 183 cm³/mol. The molecule has 0 bridgehead atoms. The van der Waals surface area contributed by atoms with E-state index in [1.54, 1.807) is 18.2 Å². The predicted octanol–water partition coefficient (Wildman–Crippen LogP) is 9.80. The Hall–Kier alpha value is -3.51. The van der Waals surface area contributed by atoms with Gasteiger partial charge in [-0.2, -0.15) is 0 Å². The first-order chi connectivity index (χ1) is 22.2. The Balaban J connectivity index is 0.000000229. The van der Waals surface area contributed by atoms with Crippen molar-refractivity contribution in [2.45, 2.75) is 72.4 Å². The Bertz CT molecular complexity index is 2100. The molecule has 0 aliphatic carbocycles. The summed E-state index contributed by atoms with van der Waals surface area (Å²) in [6.45, 7) is 14.3. The van der Waals surface area contributed by atoms with Crippen LogP contribution in [-0.4, -0.2) is 23.0 Å². The fourth-order valence-electron chi connectivity index (χ4n) is 5.13. The van der Waals surface area contributed by atoms with Gasteiger partial charge >= 0.3 is 0 Å². The van der Waals surface area contributed by atoms with E-state index in [4.69, 9.17) is 9.90 Å². The Morgan fingerprint density at radius 1 is 0.933 bits per heavy atom. The van der Waals surface area contributed by atoms with E-state index in [0.29, 0.717) is 27.8 Å². The molecule has 0 N–H and O–H groups in total. The first kappa shape index (κ1) is 28.9. The number of benzene rings is 2. The summed E-state index contributed by atoms with van der Waals surface area (Å²) in [7, 11) is -1.50. The van der Waals surface area contributed by atoms with E-state index in [-0.39, 0.29) is 42.7 Å². The molecule has 0 saturated heterocycles. The summed E-state index contributed by atoms with van der Waals surface area (Å²) in [5, 5.41) is 2.75. The molecule has 0 aliphatic rings. The second-order valence-corrected chi connectivity index (χ2v) is 18.2. The molecule has 7 heteroatoms. The largest absolute Gasteiger partial charge is 0.486 e. The van der Waals surface area contributed by atoms with Gasteiger partial charge in [0.1, 0.15) is 5.82 Å². The molecule has 0 unspecified atom stereocenters. The Morgan fingerprint density at radius 2 is 1.69 bits per heavy atom. The second kappa shape index (κ2) is 13.5. The van der Waals surface area contributed by atoms with Gasteiger partial charge in [0.2, 0.25) is 5.71 Å². The summed E-state index contributed by atoms with van der Waals surface area (Å²) in [5.74, 6) is -0.973. The molecule has 6 aromatic rings. The molecule has 235 valence electrons. The minimum absolute atomic E-state index is 0. The number of aromatic nitrogens is 3. The van der Waals surface area contributed by atoms with Crippen molar-refractivity contribution in [2.75, 3.05) is 0 Å². The minimum atomic E-state index is -2.32. The van der Waals surface area contributed by atoms with Crippen LogP contribution in [0.3, 0.4) is 0 Å². The third-order valence-electron chi connectivity index (χ3n) is 7.45. The Labute approximate surface area is 286 Å². The fraction of sp³-hybridized carbons (Fsp3) is 0.289. The average Bonchev–Trinajstić information content (AvgIpc) is 3.38. The van der Waals surface area contributed by atoms with Crippen LogP contribution in [-0.2, 0) is 25.5 Å². The van der Waals surface area contributed by atoms with Gasteiger partial charge in [-0.05, 0) is 52.4 Å². The van der Waals surface area contributed by atoms with Crippen LogP contribution in [0.25, 0.3) is 44.6 Å². The molecule has 0 aliphatic heterocycles. The first-order valence-corrected chi connectivity index (χ1v) is 18.1. The SMILES string of the molecule is [2H]C(C)(C)c1cc(-c2[c-]cccc2)ncc1[Si](C)(C)C.[2H]C([2H])([2H])c1ccc2c(n1)oc1c(-c3cc(C(C)(C)C)c(F)cn3)[c-]ccc12.[Ir]. The van der Waals surface area contributed by atoms with Gasteiger partial charge in [0, 0.05) is 42.9 Å². The van der Waals surface area contributed by atoms with E-state index in [1.165, 1.54) is 17.4 Å². The molecule has 4 heterocycles. The molecule has 0 atom stereocenters. The van der Waals surface area contributed by atoms with Gasteiger partial charge in [-0.1, -0.05) is 82.9 Å². The molecule has 4 nitrogen and oxygen atoms in total. The number of rotatable bonds is 4. The first-order valence-electron chi connectivity index (χ1n) is 16.6. The van der Waals surface area contributed by atoms with Gasteiger partial charge in [0.25, 0.3) is 0 Å². The zero-order chi connectivity index (χ0) is 35.2. The molecule has 1 radical (unpaired) electrons. The normalized spacial score (nSPS) is 13.6. The zero-order valence-electron chi connectivity index (χ0n) is 30.9. The van der Waals surface area contributed by atoms with Crippen LogP contribution in [0.1, 0.15) is 62.8 Å². The molecule has 0 fully saturated rings. The molecule has 4 aromatic heterocycles. The van der Waals surface area contributed by atoms with Gasteiger partial charge in [-0.3, -0.25) is 0 Å². The average molecular weight is 798 g/mol. The van der Waals surface area contributed by atoms with E-state index in [9.17, 15) is 4.39 Å². The van der Waals surface area contributed by atoms with Crippen LogP contribution >= 0.6 is 0 Å². The summed E-state index contributed by atoms with van der Waals surface area (Å²) < 4.78 is 51.2. The summed E-state index contributed by atoms with van der Waals surface area (Å²) in [6, 6.07) is 24.7. The van der Waals surface area contributed by atoms with Gasteiger partial charge in [0.15, 0.2) is 0 Å². The molecule has 0 saturated carbocycles. The van der Waals surface area contributed by atoms with E-state index < -0.39 is 20.8 Å². The monoisotopic (exact) mass is 798 g/mol. The van der Waals surface area contributed by atoms with Crippen molar-refractivity contribution in [3.05, 3.63) is 108 Å². The molecule has 45 heavy (non-hydrogen) atoms. The van der Waals surface area contributed by atoms with Crippen LogP contribution < -0.4 is 5.19 Å². The number of furan rings is 1. The van der Waals surface area contributed by atoms with Crippen molar-refractivity contribution in [1.82, 2.24) is 15.0 Å². The van der Waals surface area contributed by atoms with E-state index >= 15 is 0 Å². The summed E-state index contributed by atoms with van der Waals surface area (Å²) in [6.07, 6.45) is 3.18. The molecule has 2 aromatic carbocycles. The summed E-state index contributed by atoms with van der Waals surface area (Å²) in [4.78, 5) is 13.0. The number of hydrogen-bond acceptors (Lipinski definition) is 4. The van der Waals surface area contributed by atoms with Crippen molar-refractivity contribution >= 4 is 35.3 Å². The maximum Gasteiger partial charge on any atom is 0.216 e. The number of pyridine rings is 3. The van der Waals surface area contributed by atoms with Crippen molar-refractivity contribution in [1.29, 1.82) is 0 Å². The minimum Gasteiger partial charge on any atom is -0.486 e. The van der Waals surface area contributed by atoms with Crippen molar-refractivity contribution in [3.63, 3.8) is 0 Å². The summed E-state index contributed by atoms with van der Waals surface area (Å²) >= 11 is 0. The van der Waals surface area contributed by atoms with E-state index in [1.807, 2.05) is 71.1 Å². The Kier molecular flexibility index (Phi) is 8.65. The van der Waals surface area contributed by atoms with Crippen LogP contribution in [0.15, 0.2) is 77.5 Å². The van der Waals surface area contributed by atoms with Crippen LogP contribution in [0.5, 0.6) is 0 Å². The van der Waals surface area contributed by atoms with E-state index in [2.05, 4.69) is 52.8 Å². The third kappa shape index (κ3) is 7.49. The smallest absolute Gasteiger partial charge is 0.216 e. The second-order valence-electron chi connectivity index (χ2n) is 13.2. The number of fused-ring (bicyclic) bond motifs is 3. The maximum absolute atomic E-state index is 14.3. The number of aryl methyl sites for hydroxylation is 1. The van der Waals surface area contributed by atoms with Gasteiger partial charge < -0.3 is 14.4 Å². The molecule has 0 amide bonds. The summed E-state index contributed by atoms with van der Waals surface area (Å²) in [5.41, 5.74) is 4.96. The maximum atomic E-state index is 14.3. The van der Waals surface area contributed by atoms with Crippen LogP contribution in [0.4, 0.5) is 4.39 Å². The zero-order valence-corrected chi connectivity index (χ0v) is 30.3.